The van der Waals surface area contributed by atoms with Gasteiger partial charge in [0.15, 0.2) is 11.5 Å². The van der Waals surface area contributed by atoms with Crippen molar-refractivity contribution in [3.63, 3.8) is 0 Å². The molecule has 0 saturated carbocycles. The maximum Gasteiger partial charge on any atom is 0.449 e. The second-order valence-corrected chi connectivity index (χ2v) is 7.65. The van der Waals surface area contributed by atoms with Crippen LogP contribution in [-0.2, 0) is 18.1 Å². The van der Waals surface area contributed by atoms with Crippen LogP contribution in [0.5, 0.6) is 17.2 Å². The van der Waals surface area contributed by atoms with Crippen molar-refractivity contribution in [2.45, 2.75) is 18.1 Å². The van der Waals surface area contributed by atoms with Crippen LogP contribution in [0.25, 0.3) is 0 Å². The minimum Gasteiger partial charge on any atom is -0.491 e. The smallest absolute Gasteiger partial charge is 0.449 e. The third-order valence-corrected chi connectivity index (χ3v) is 6.21. The van der Waals surface area contributed by atoms with Crippen LogP contribution in [0.1, 0.15) is 22.8 Å². The van der Waals surface area contributed by atoms with E-state index in [0.717, 1.165) is 17.3 Å². The number of hydrogen-bond acceptors (Lipinski definition) is 5. The molecule has 0 amide bonds. The van der Waals surface area contributed by atoms with Crippen molar-refractivity contribution in [3.8, 4) is 17.2 Å². The summed E-state index contributed by atoms with van der Waals surface area (Å²) in [5.74, 6) is 0.989. The van der Waals surface area contributed by atoms with Gasteiger partial charge in [-0.3, -0.25) is 9.69 Å². The first-order valence-electron chi connectivity index (χ1n) is 9.11. The van der Waals surface area contributed by atoms with Crippen LogP contribution in [0.4, 0.5) is 13.2 Å². The molecule has 1 unspecified atom stereocenters. The van der Waals surface area contributed by atoms with Crippen LogP contribution in [0.2, 0.25) is 0 Å². The van der Waals surface area contributed by atoms with Crippen molar-refractivity contribution in [2.75, 3.05) is 18.4 Å². The van der Waals surface area contributed by atoms with Gasteiger partial charge in [0.05, 0.1) is 12.2 Å². The maximum absolute atomic E-state index is 12.9. The molecule has 3 aromatic rings. The molecular weight excluding hydrogens is 421 g/mol. The molecule has 3 aliphatic rings. The highest BCUT2D eigenvalue weighted by molar-refractivity contribution is 7.80. The Morgan fingerprint density at radius 2 is 1.83 bits per heavy atom. The SMILES string of the molecule is FC(F)(F)c1ccc(CN2C(=S)C3(COc4cc5c(cc43)OCO5)c3cccn32)o1. The number of furan rings is 1. The molecular formula is C20H13F3N2O4S. The number of rotatable bonds is 2. The van der Waals surface area contributed by atoms with Crippen LogP contribution < -0.4 is 19.2 Å². The largest absolute Gasteiger partial charge is 0.491 e. The average molecular weight is 434 g/mol. The van der Waals surface area contributed by atoms with E-state index in [1.54, 1.807) is 11.1 Å². The summed E-state index contributed by atoms with van der Waals surface area (Å²) in [5.41, 5.74) is 0.955. The quantitative estimate of drug-likeness (QED) is 0.569. The minimum absolute atomic E-state index is 0.0538. The maximum atomic E-state index is 12.9. The molecule has 3 aliphatic heterocycles. The first-order valence-corrected chi connectivity index (χ1v) is 9.52. The molecule has 0 radical (unpaired) electrons. The molecule has 0 aliphatic carbocycles. The third kappa shape index (κ3) is 2.22. The molecule has 1 aromatic carbocycles. The number of ether oxygens (including phenoxy) is 3. The summed E-state index contributed by atoms with van der Waals surface area (Å²) in [7, 11) is 0. The monoisotopic (exact) mass is 434 g/mol. The molecule has 1 spiro atoms. The van der Waals surface area contributed by atoms with Gasteiger partial charge >= 0.3 is 6.18 Å². The standard InChI is InChI=1S/C20H13F3N2O4S/c21-20(22,23)17-4-3-11(29-17)8-25-18(30)19(16-2-1-5-24(16)25)9-26-13-7-15-14(6-12(13)19)27-10-28-15/h1-7H,8-10H2. The number of fused-ring (bicyclic) bond motifs is 5. The van der Waals surface area contributed by atoms with Crippen molar-refractivity contribution in [1.82, 2.24) is 4.68 Å². The Labute approximate surface area is 173 Å². The van der Waals surface area contributed by atoms with E-state index in [2.05, 4.69) is 0 Å². The fourth-order valence-corrected chi connectivity index (χ4v) is 4.71. The van der Waals surface area contributed by atoms with E-state index in [1.165, 1.54) is 6.07 Å². The zero-order valence-corrected chi connectivity index (χ0v) is 16.0. The van der Waals surface area contributed by atoms with Crippen LogP contribution in [0.3, 0.4) is 0 Å². The van der Waals surface area contributed by atoms with Crippen LogP contribution in [-0.4, -0.2) is 23.1 Å². The summed E-state index contributed by atoms with van der Waals surface area (Å²) in [4.78, 5) is 0.515. The van der Waals surface area contributed by atoms with Gasteiger partial charge in [-0.25, -0.2) is 0 Å². The highest BCUT2D eigenvalue weighted by Gasteiger charge is 2.55. The zero-order valence-electron chi connectivity index (χ0n) is 15.2. The van der Waals surface area contributed by atoms with Gasteiger partial charge in [-0.2, -0.15) is 13.2 Å². The molecule has 6 nitrogen and oxygen atoms in total. The molecule has 154 valence electrons. The Morgan fingerprint density at radius 3 is 2.60 bits per heavy atom. The zero-order chi connectivity index (χ0) is 20.7. The number of benzene rings is 1. The van der Waals surface area contributed by atoms with Gasteiger partial charge < -0.3 is 18.6 Å². The fraction of sp³-hybridized carbons (Fsp3) is 0.250. The second-order valence-electron chi connectivity index (χ2n) is 7.26. The van der Waals surface area contributed by atoms with E-state index in [1.807, 2.05) is 29.1 Å². The molecule has 30 heavy (non-hydrogen) atoms. The van der Waals surface area contributed by atoms with E-state index in [0.29, 0.717) is 22.2 Å². The van der Waals surface area contributed by atoms with Gasteiger partial charge in [0.2, 0.25) is 12.6 Å². The van der Waals surface area contributed by atoms with Gasteiger partial charge in [0.25, 0.3) is 0 Å². The van der Waals surface area contributed by atoms with Crippen molar-refractivity contribution in [3.05, 3.63) is 65.4 Å². The molecule has 0 bridgehead atoms. The Balaban J connectivity index is 1.42. The summed E-state index contributed by atoms with van der Waals surface area (Å²) in [5, 5.41) is 1.73. The van der Waals surface area contributed by atoms with Crippen molar-refractivity contribution in [2.24, 2.45) is 0 Å². The predicted octanol–water partition coefficient (Wildman–Crippen LogP) is 3.99. The second kappa shape index (κ2) is 5.72. The number of aromatic nitrogens is 1. The lowest BCUT2D eigenvalue weighted by Gasteiger charge is -2.25. The first kappa shape index (κ1) is 17.7. The molecule has 0 saturated heterocycles. The summed E-state index contributed by atoms with van der Waals surface area (Å²) in [6.07, 6.45) is -2.72. The number of alkyl halides is 3. The van der Waals surface area contributed by atoms with Gasteiger partial charge in [0.1, 0.15) is 28.5 Å². The normalized spacial score (nSPS) is 21.3. The number of thiocarbonyl (C=S) groups is 1. The van der Waals surface area contributed by atoms with E-state index < -0.39 is 17.4 Å². The van der Waals surface area contributed by atoms with E-state index in [9.17, 15) is 13.2 Å². The molecule has 0 fully saturated rings. The molecule has 2 aromatic heterocycles. The van der Waals surface area contributed by atoms with Crippen molar-refractivity contribution < 1.29 is 31.8 Å². The Kier molecular flexibility index (Phi) is 3.37. The lowest BCUT2D eigenvalue weighted by atomic mass is 9.79. The van der Waals surface area contributed by atoms with Gasteiger partial charge in [-0.15, -0.1) is 0 Å². The summed E-state index contributed by atoms with van der Waals surface area (Å²) in [6.45, 7) is 0.465. The van der Waals surface area contributed by atoms with E-state index in [-0.39, 0.29) is 25.7 Å². The number of hydrogen-bond donors (Lipinski definition) is 0. The van der Waals surface area contributed by atoms with Crippen LogP contribution in [0.15, 0.2) is 47.0 Å². The van der Waals surface area contributed by atoms with Crippen LogP contribution >= 0.6 is 12.2 Å². The van der Waals surface area contributed by atoms with Crippen molar-refractivity contribution >= 4 is 17.2 Å². The minimum atomic E-state index is -4.54. The molecule has 10 heteroatoms. The van der Waals surface area contributed by atoms with Crippen LogP contribution in [0, 0.1) is 0 Å². The lowest BCUT2D eigenvalue weighted by molar-refractivity contribution is -0.153. The molecule has 6 rings (SSSR count). The predicted molar refractivity (Wildman–Crippen MR) is 102 cm³/mol. The highest BCUT2D eigenvalue weighted by atomic mass is 32.1. The van der Waals surface area contributed by atoms with Gasteiger partial charge in [0, 0.05) is 17.8 Å². The molecule has 1 atom stereocenters. The van der Waals surface area contributed by atoms with Gasteiger partial charge in [-0.05, 0) is 30.3 Å². The average Bonchev–Trinajstić information content (AvgIpc) is 3.49. The number of nitrogens with zero attached hydrogens (tertiary/aromatic N) is 2. The Hall–Kier alpha value is -3.14. The first-order chi connectivity index (χ1) is 14.4. The highest BCUT2D eigenvalue weighted by Crippen LogP contribution is 2.52. The summed E-state index contributed by atoms with van der Waals surface area (Å²) >= 11 is 5.84. The van der Waals surface area contributed by atoms with Gasteiger partial charge in [-0.1, -0.05) is 12.2 Å². The molecule has 0 N–H and O–H groups in total. The van der Waals surface area contributed by atoms with E-state index in [4.69, 9.17) is 30.8 Å². The Bertz CT molecular complexity index is 1200. The topological polar surface area (TPSA) is 49.0 Å². The lowest BCUT2D eigenvalue weighted by Crippen LogP contribution is -2.42. The Morgan fingerprint density at radius 1 is 1.03 bits per heavy atom. The summed E-state index contributed by atoms with van der Waals surface area (Å²) in [6, 6.07) is 9.68. The number of halogens is 3. The van der Waals surface area contributed by atoms with E-state index >= 15 is 0 Å². The van der Waals surface area contributed by atoms with Crippen molar-refractivity contribution in [1.29, 1.82) is 0 Å². The summed E-state index contributed by atoms with van der Waals surface area (Å²) < 4.78 is 62.5. The molecule has 5 heterocycles. The third-order valence-electron chi connectivity index (χ3n) is 5.65. The fourth-order valence-electron chi connectivity index (χ4n) is 4.29.